The van der Waals surface area contributed by atoms with Gasteiger partial charge in [0.2, 0.25) is 0 Å². The van der Waals surface area contributed by atoms with Gasteiger partial charge < -0.3 is 0 Å². The van der Waals surface area contributed by atoms with Crippen molar-refractivity contribution in [3.05, 3.63) is 70.8 Å². The lowest BCUT2D eigenvalue weighted by Crippen LogP contribution is -2.13. The van der Waals surface area contributed by atoms with Crippen LogP contribution < -0.4 is 0 Å². The highest BCUT2D eigenvalue weighted by Crippen LogP contribution is 2.41. The molecule has 0 heterocycles. The van der Waals surface area contributed by atoms with E-state index in [4.69, 9.17) is 0 Å². The Kier molecular flexibility index (Phi) is 6.24. The van der Waals surface area contributed by atoms with Crippen LogP contribution in [0.2, 0.25) is 0 Å². The molecule has 0 heteroatoms. The molecule has 2 saturated carbocycles. The molecule has 2 aromatic rings. The van der Waals surface area contributed by atoms with Crippen LogP contribution >= 0.6 is 0 Å². The molecule has 4 rings (SSSR count). The molecule has 0 unspecified atom stereocenters. The quantitative estimate of drug-likeness (QED) is 0.503. The van der Waals surface area contributed by atoms with Gasteiger partial charge in [0.05, 0.1) is 0 Å². The van der Waals surface area contributed by atoms with E-state index in [2.05, 4.69) is 69.3 Å². The van der Waals surface area contributed by atoms with Gasteiger partial charge in [0, 0.05) is 0 Å². The molecule has 150 valence electrons. The fourth-order valence-electron chi connectivity index (χ4n) is 5.55. The van der Waals surface area contributed by atoms with Crippen LogP contribution in [-0.4, -0.2) is 0 Å². The zero-order valence-corrected chi connectivity index (χ0v) is 18.2. The molecular formula is C28H38. The number of hydrogen-bond acceptors (Lipinski definition) is 0. The first-order valence-electron chi connectivity index (χ1n) is 11.8. The summed E-state index contributed by atoms with van der Waals surface area (Å²) in [7, 11) is 0. The lowest BCUT2D eigenvalue weighted by Gasteiger charge is -2.30. The van der Waals surface area contributed by atoms with Gasteiger partial charge >= 0.3 is 0 Å². The van der Waals surface area contributed by atoms with Crippen molar-refractivity contribution < 1.29 is 0 Å². The number of benzene rings is 2. The summed E-state index contributed by atoms with van der Waals surface area (Å²) in [5, 5.41) is 0. The maximum absolute atomic E-state index is 2.45. The normalized spacial score (nSPS) is 28.4. The minimum Gasteiger partial charge on any atom is -0.0625 e. The Labute approximate surface area is 172 Å². The molecular weight excluding hydrogens is 336 g/mol. The van der Waals surface area contributed by atoms with E-state index in [0.717, 1.165) is 23.7 Å². The highest BCUT2D eigenvalue weighted by Gasteiger charge is 2.24. The van der Waals surface area contributed by atoms with Gasteiger partial charge in [-0.25, -0.2) is 0 Å². The molecule has 0 spiro atoms. The Balaban J connectivity index is 1.33. The smallest absolute Gasteiger partial charge is 0.0162 e. The van der Waals surface area contributed by atoms with Crippen molar-refractivity contribution in [3.63, 3.8) is 0 Å². The Bertz CT molecular complexity index is 721. The van der Waals surface area contributed by atoms with E-state index in [9.17, 15) is 0 Å². The van der Waals surface area contributed by atoms with Crippen LogP contribution in [0.15, 0.2) is 48.5 Å². The third kappa shape index (κ3) is 4.53. The zero-order valence-electron chi connectivity index (χ0n) is 18.2. The van der Waals surface area contributed by atoms with E-state index >= 15 is 0 Å². The van der Waals surface area contributed by atoms with Crippen molar-refractivity contribution in [2.45, 2.75) is 95.8 Å². The highest BCUT2D eigenvalue weighted by atomic mass is 14.3. The summed E-state index contributed by atoms with van der Waals surface area (Å²) >= 11 is 0. The van der Waals surface area contributed by atoms with Crippen LogP contribution in [0.25, 0.3) is 0 Å². The predicted molar refractivity (Wildman–Crippen MR) is 121 cm³/mol. The molecule has 0 radical (unpaired) electrons. The summed E-state index contributed by atoms with van der Waals surface area (Å²) in [6, 6.07) is 19.3. The van der Waals surface area contributed by atoms with Gasteiger partial charge in [-0.2, -0.15) is 0 Å². The third-order valence-corrected chi connectivity index (χ3v) is 7.70. The standard InChI is InChI=1S/C28H38/c1-20(2)22-8-10-24(11-9-22)26-16-18-28(19-17-26)27-14-12-25(13-15-27)23-6-4-21(3)5-7-23/h8-15,20-21,23,26,28H,4-7,16-19H2,1-3H3. The molecule has 0 saturated heterocycles. The lowest BCUT2D eigenvalue weighted by atomic mass is 9.75. The van der Waals surface area contributed by atoms with E-state index in [1.165, 1.54) is 56.9 Å². The summed E-state index contributed by atoms with van der Waals surface area (Å²) in [4.78, 5) is 0. The maximum atomic E-state index is 2.45. The van der Waals surface area contributed by atoms with Crippen LogP contribution in [0.4, 0.5) is 0 Å². The van der Waals surface area contributed by atoms with E-state index in [0.29, 0.717) is 5.92 Å². The molecule has 2 aliphatic carbocycles. The molecule has 0 aliphatic heterocycles. The van der Waals surface area contributed by atoms with Crippen LogP contribution in [0, 0.1) is 5.92 Å². The van der Waals surface area contributed by atoms with Gasteiger partial charge in [-0.3, -0.25) is 0 Å². The molecule has 0 amide bonds. The zero-order chi connectivity index (χ0) is 19.5. The second-order valence-electron chi connectivity index (χ2n) is 9.99. The molecule has 0 aromatic heterocycles. The summed E-state index contributed by atoms with van der Waals surface area (Å²) in [6.45, 7) is 6.97. The van der Waals surface area contributed by atoms with Crippen LogP contribution in [0.3, 0.4) is 0 Å². The Morgan fingerprint density at radius 2 is 0.857 bits per heavy atom. The topological polar surface area (TPSA) is 0 Å². The average molecular weight is 375 g/mol. The summed E-state index contributed by atoms with van der Waals surface area (Å²) < 4.78 is 0. The van der Waals surface area contributed by atoms with Gasteiger partial charge in [0.25, 0.3) is 0 Å². The molecule has 2 fully saturated rings. The highest BCUT2D eigenvalue weighted by molar-refractivity contribution is 5.30. The molecule has 0 atom stereocenters. The van der Waals surface area contributed by atoms with Crippen molar-refractivity contribution in [3.8, 4) is 0 Å². The fourth-order valence-corrected chi connectivity index (χ4v) is 5.55. The van der Waals surface area contributed by atoms with E-state index < -0.39 is 0 Å². The summed E-state index contributed by atoms with van der Waals surface area (Å²) in [5.74, 6) is 3.92. The third-order valence-electron chi connectivity index (χ3n) is 7.70. The molecule has 2 aromatic carbocycles. The van der Waals surface area contributed by atoms with Gasteiger partial charge in [-0.15, -0.1) is 0 Å². The van der Waals surface area contributed by atoms with Crippen LogP contribution in [-0.2, 0) is 0 Å². The second kappa shape index (κ2) is 8.85. The monoisotopic (exact) mass is 374 g/mol. The van der Waals surface area contributed by atoms with Crippen molar-refractivity contribution in [1.29, 1.82) is 0 Å². The summed E-state index contributed by atoms with van der Waals surface area (Å²) in [6.07, 6.45) is 11.0. The Morgan fingerprint density at radius 3 is 1.21 bits per heavy atom. The van der Waals surface area contributed by atoms with Crippen LogP contribution in [0.5, 0.6) is 0 Å². The van der Waals surface area contributed by atoms with Crippen LogP contribution in [0.1, 0.15) is 118 Å². The Hall–Kier alpha value is -1.56. The Morgan fingerprint density at radius 1 is 0.536 bits per heavy atom. The molecule has 0 bridgehead atoms. The first-order valence-corrected chi connectivity index (χ1v) is 11.8. The van der Waals surface area contributed by atoms with E-state index in [-0.39, 0.29) is 0 Å². The van der Waals surface area contributed by atoms with Gasteiger partial charge in [-0.1, -0.05) is 82.1 Å². The lowest BCUT2D eigenvalue weighted by molar-refractivity contribution is 0.348. The summed E-state index contributed by atoms with van der Waals surface area (Å²) in [5.41, 5.74) is 6.20. The van der Waals surface area contributed by atoms with Gasteiger partial charge in [-0.05, 0) is 90.4 Å². The predicted octanol–water partition coefficient (Wildman–Crippen LogP) is 8.55. The number of rotatable bonds is 4. The van der Waals surface area contributed by atoms with Crippen molar-refractivity contribution in [2.75, 3.05) is 0 Å². The molecule has 28 heavy (non-hydrogen) atoms. The van der Waals surface area contributed by atoms with Crippen molar-refractivity contribution >= 4 is 0 Å². The van der Waals surface area contributed by atoms with Gasteiger partial charge in [0.1, 0.15) is 0 Å². The SMILES string of the molecule is CC1CCC(c2ccc(C3CCC(c4ccc(C(C)C)cc4)CC3)cc2)CC1. The average Bonchev–Trinajstić information content (AvgIpc) is 2.75. The van der Waals surface area contributed by atoms with E-state index in [1.54, 1.807) is 16.7 Å². The number of hydrogen-bond donors (Lipinski definition) is 0. The van der Waals surface area contributed by atoms with E-state index in [1.807, 2.05) is 0 Å². The maximum Gasteiger partial charge on any atom is -0.0162 e. The van der Waals surface area contributed by atoms with Gasteiger partial charge in [0.15, 0.2) is 0 Å². The van der Waals surface area contributed by atoms with Crippen molar-refractivity contribution in [2.24, 2.45) is 5.92 Å². The second-order valence-corrected chi connectivity index (χ2v) is 9.99. The fraction of sp³-hybridized carbons (Fsp3) is 0.571. The molecule has 2 aliphatic rings. The molecule has 0 nitrogen and oxygen atoms in total. The largest absolute Gasteiger partial charge is 0.0625 e. The minimum absolute atomic E-state index is 0.629. The molecule has 0 N–H and O–H groups in total. The first-order chi connectivity index (χ1) is 13.6. The first kappa shape index (κ1) is 19.7. The minimum atomic E-state index is 0.629. The van der Waals surface area contributed by atoms with Crippen molar-refractivity contribution in [1.82, 2.24) is 0 Å².